The maximum absolute atomic E-state index is 12.3. The molecule has 5 nitrogen and oxygen atoms in total. The Morgan fingerprint density at radius 3 is 2.61 bits per heavy atom. The number of alkyl halides is 3. The van der Waals surface area contributed by atoms with Crippen LogP contribution in [0.25, 0.3) is 0 Å². The first kappa shape index (κ1) is 17.4. The van der Waals surface area contributed by atoms with E-state index in [4.69, 9.17) is 10.5 Å². The van der Waals surface area contributed by atoms with E-state index >= 15 is 0 Å². The van der Waals surface area contributed by atoms with Gasteiger partial charge in [0.25, 0.3) is 0 Å². The molecule has 2 heterocycles. The van der Waals surface area contributed by atoms with E-state index in [1.807, 2.05) is 4.90 Å². The second-order valence-corrected chi connectivity index (χ2v) is 5.45. The molecule has 1 saturated heterocycles. The van der Waals surface area contributed by atoms with Crippen molar-refractivity contribution in [3.63, 3.8) is 0 Å². The van der Waals surface area contributed by atoms with Crippen LogP contribution in [0.4, 0.5) is 13.2 Å². The summed E-state index contributed by atoms with van der Waals surface area (Å²) in [5.74, 6) is 0.356. The number of hydrogen-bond acceptors (Lipinski definition) is 3. The van der Waals surface area contributed by atoms with Crippen LogP contribution in [0.2, 0.25) is 0 Å². The highest BCUT2D eigenvalue weighted by Gasteiger charge is 2.29. The van der Waals surface area contributed by atoms with E-state index < -0.39 is 12.8 Å². The second-order valence-electron chi connectivity index (χ2n) is 5.45. The van der Waals surface area contributed by atoms with Crippen molar-refractivity contribution in [1.29, 1.82) is 0 Å². The molecule has 8 heteroatoms. The summed E-state index contributed by atoms with van der Waals surface area (Å²) < 4.78 is 41.5. The summed E-state index contributed by atoms with van der Waals surface area (Å²) in [7, 11) is 0. The third kappa shape index (κ3) is 5.96. The molecule has 0 aliphatic carbocycles. The quantitative estimate of drug-likeness (QED) is 0.681. The molecule has 0 aromatic carbocycles. The lowest BCUT2D eigenvalue weighted by Gasteiger charge is -2.21. The molecule has 1 aromatic rings. The summed E-state index contributed by atoms with van der Waals surface area (Å²) in [6.45, 7) is 0.491. The summed E-state index contributed by atoms with van der Waals surface area (Å²) in [6.07, 6.45) is 1.50. The van der Waals surface area contributed by atoms with Crippen molar-refractivity contribution in [2.75, 3.05) is 19.7 Å². The van der Waals surface area contributed by atoms with E-state index in [9.17, 15) is 13.2 Å². The van der Waals surface area contributed by atoms with Crippen molar-refractivity contribution < 1.29 is 17.9 Å². The van der Waals surface area contributed by atoms with Gasteiger partial charge in [-0.15, -0.1) is 0 Å². The molecule has 0 radical (unpaired) electrons. The van der Waals surface area contributed by atoms with Gasteiger partial charge in [-0.25, -0.2) is 9.98 Å². The Bertz CT molecular complexity index is 526. The molecular formula is C15H21F3N4O. The smallest absolute Gasteiger partial charge is 0.422 e. The first-order valence-electron chi connectivity index (χ1n) is 7.64. The molecule has 1 aliphatic heterocycles. The molecule has 1 fully saturated rings. The number of guanidine groups is 1. The lowest BCUT2D eigenvalue weighted by atomic mass is 10.2. The molecule has 1 aliphatic rings. The van der Waals surface area contributed by atoms with Crippen molar-refractivity contribution in [2.24, 2.45) is 10.7 Å². The average Bonchev–Trinajstić information content (AvgIpc) is 2.80. The van der Waals surface area contributed by atoms with E-state index in [1.165, 1.54) is 19.0 Å². The van der Waals surface area contributed by atoms with Crippen molar-refractivity contribution in [3.8, 4) is 5.88 Å². The van der Waals surface area contributed by atoms with Crippen LogP contribution in [0.1, 0.15) is 31.2 Å². The number of hydrogen-bond donors (Lipinski definition) is 1. The van der Waals surface area contributed by atoms with Crippen LogP contribution in [0.15, 0.2) is 23.3 Å². The molecular weight excluding hydrogens is 309 g/mol. The van der Waals surface area contributed by atoms with Gasteiger partial charge in [0.2, 0.25) is 5.88 Å². The molecule has 0 unspecified atom stereocenters. The van der Waals surface area contributed by atoms with Gasteiger partial charge in [-0.05, 0) is 18.9 Å². The van der Waals surface area contributed by atoms with Gasteiger partial charge < -0.3 is 15.4 Å². The molecule has 0 spiro atoms. The monoisotopic (exact) mass is 330 g/mol. The molecule has 0 atom stereocenters. The minimum atomic E-state index is -4.40. The molecule has 128 valence electrons. The minimum absolute atomic E-state index is 0.0581. The van der Waals surface area contributed by atoms with Crippen molar-refractivity contribution in [2.45, 2.75) is 38.4 Å². The summed E-state index contributed by atoms with van der Waals surface area (Å²) in [5, 5.41) is 0. The Morgan fingerprint density at radius 2 is 1.96 bits per heavy atom. The van der Waals surface area contributed by atoms with Gasteiger partial charge in [0.1, 0.15) is 0 Å². The van der Waals surface area contributed by atoms with E-state index in [2.05, 4.69) is 9.98 Å². The highest BCUT2D eigenvalue weighted by Crippen LogP contribution is 2.20. The molecule has 23 heavy (non-hydrogen) atoms. The Morgan fingerprint density at radius 1 is 1.26 bits per heavy atom. The number of pyridine rings is 1. The molecule has 2 N–H and O–H groups in total. The fourth-order valence-electron chi connectivity index (χ4n) is 2.39. The Balaban J connectivity index is 2.00. The van der Waals surface area contributed by atoms with Crippen molar-refractivity contribution in [3.05, 3.63) is 23.9 Å². The van der Waals surface area contributed by atoms with Crippen LogP contribution in [-0.4, -0.2) is 41.7 Å². The number of likely N-dealkylation sites (tertiary alicyclic amines) is 1. The van der Waals surface area contributed by atoms with Gasteiger partial charge in [-0.3, -0.25) is 0 Å². The van der Waals surface area contributed by atoms with Crippen LogP contribution >= 0.6 is 0 Å². The van der Waals surface area contributed by atoms with Crippen molar-refractivity contribution in [1.82, 2.24) is 9.88 Å². The number of aromatic nitrogens is 1. The van der Waals surface area contributed by atoms with Gasteiger partial charge in [0.15, 0.2) is 12.6 Å². The Kier molecular flexibility index (Phi) is 6.06. The van der Waals surface area contributed by atoms with Crippen LogP contribution in [0.5, 0.6) is 5.88 Å². The molecule has 0 amide bonds. The predicted molar refractivity (Wildman–Crippen MR) is 81.2 cm³/mol. The van der Waals surface area contributed by atoms with E-state index in [1.54, 1.807) is 12.1 Å². The summed E-state index contributed by atoms with van der Waals surface area (Å²) >= 11 is 0. The largest absolute Gasteiger partial charge is 0.468 e. The van der Waals surface area contributed by atoms with Crippen LogP contribution in [-0.2, 0) is 6.54 Å². The van der Waals surface area contributed by atoms with Gasteiger partial charge >= 0.3 is 6.18 Å². The number of aliphatic imine (C=N–C) groups is 1. The number of halogens is 3. The zero-order valence-electron chi connectivity index (χ0n) is 12.9. The average molecular weight is 330 g/mol. The first-order chi connectivity index (χ1) is 11.0. The number of rotatable bonds is 4. The molecule has 1 aromatic heterocycles. The summed E-state index contributed by atoms with van der Waals surface area (Å²) in [4.78, 5) is 10.1. The highest BCUT2D eigenvalue weighted by molar-refractivity contribution is 5.78. The summed E-state index contributed by atoms with van der Waals surface area (Å²) in [6, 6.07) is 3.27. The Hall–Kier alpha value is -1.99. The van der Waals surface area contributed by atoms with Crippen LogP contribution in [0, 0.1) is 0 Å². The minimum Gasteiger partial charge on any atom is -0.468 e. The van der Waals surface area contributed by atoms with Gasteiger partial charge in [-0.1, -0.05) is 18.9 Å². The lowest BCUT2D eigenvalue weighted by molar-refractivity contribution is -0.154. The lowest BCUT2D eigenvalue weighted by Crippen LogP contribution is -2.38. The topological polar surface area (TPSA) is 63.7 Å². The second kappa shape index (κ2) is 8.03. The first-order valence-corrected chi connectivity index (χ1v) is 7.64. The number of nitrogens with two attached hydrogens (primary N) is 1. The zero-order chi connectivity index (χ0) is 16.7. The van der Waals surface area contributed by atoms with Crippen LogP contribution in [0.3, 0.4) is 0 Å². The zero-order valence-corrected chi connectivity index (χ0v) is 12.9. The Labute approximate surface area is 133 Å². The highest BCUT2D eigenvalue weighted by atomic mass is 19.4. The molecule has 0 saturated carbocycles. The third-order valence-electron chi connectivity index (χ3n) is 3.56. The maximum Gasteiger partial charge on any atom is 0.422 e. The van der Waals surface area contributed by atoms with Crippen LogP contribution < -0.4 is 10.5 Å². The van der Waals surface area contributed by atoms with Crippen molar-refractivity contribution >= 4 is 5.96 Å². The fourth-order valence-corrected chi connectivity index (χ4v) is 2.39. The number of nitrogens with zero attached hydrogens (tertiary/aromatic N) is 3. The van der Waals surface area contributed by atoms with E-state index in [-0.39, 0.29) is 12.4 Å². The van der Waals surface area contributed by atoms with Gasteiger partial charge in [0, 0.05) is 24.8 Å². The molecule has 2 rings (SSSR count). The maximum atomic E-state index is 12.3. The fraction of sp³-hybridized carbons (Fsp3) is 0.600. The van der Waals surface area contributed by atoms with E-state index in [0.29, 0.717) is 11.5 Å². The molecule has 0 bridgehead atoms. The summed E-state index contributed by atoms with van der Waals surface area (Å²) in [5.41, 5.74) is 6.47. The van der Waals surface area contributed by atoms with E-state index in [0.717, 1.165) is 25.9 Å². The third-order valence-corrected chi connectivity index (χ3v) is 3.56. The number of ether oxygens (including phenoxy) is 1. The standard InChI is InChI=1S/C15H21F3N4O/c16-15(17,18)11-23-13-12(6-5-7-20-13)10-21-14(19)22-8-3-1-2-4-9-22/h5-7H,1-4,8-11H2,(H2,19,21). The van der Waals surface area contributed by atoms with Gasteiger partial charge in [0.05, 0.1) is 6.54 Å². The predicted octanol–water partition coefficient (Wildman–Crippen LogP) is 2.71. The SMILES string of the molecule is NC(=NCc1cccnc1OCC(F)(F)F)N1CCCCCC1. The normalized spacial score (nSPS) is 17.0. The van der Waals surface area contributed by atoms with Gasteiger partial charge in [-0.2, -0.15) is 13.2 Å².